The predicted octanol–water partition coefficient (Wildman–Crippen LogP) is 4.49. The van der Waals surface area contributed by atoms with Crippen LogP contribution in [0.1, 0.15) is 28.1 Å². The van der Waals surface area contributed by atoms with Gasteiger partial charge in [0.05, 0.1) is 5.69 Å². The molecule has 0 atom stereocenters. The minimum Gasteiger partial charge on any atom is -0.381 e. The molecule has 2 aromatic carbocycles. The van der Waals surface area contributed by atoms with Crippen molar-refractivity contribution in [3.63, 3.8) is 0 Å². The number of benzene rings is 2. The number of nitrogens with one attached hydrogen (secondary N) is 1. The molecule has 0 aliphatic heterocycles. The number of hydrogen-bond acceptors (Lipinski definition) is 3. The highest BCUT2D eigenvalue weighted by Gasteiger charge is 2.09. The Morgan fingerprint density at radius 3 is 2.41 bits per heavy atom. The van der Waals surface area contributed by atoms with E-state index in [1.807, 2.05) is 19.9 Å². The molecule has 0 fully saturated rings. The van der Waals surface area contributed by atoms with Crippen molar-refractivity contribution in [2.75, 3.05) is 5.32 Å². The lowest BCUT2D eigenvalue weighted by Gasteiger charge is -2.12. The van der Waals surface area contributed by atoms with Gasteiger partial charge in [0.1, 0.15) is 5.76 Å². The lowest BCUT2D eigenvalue weighted by Crippen LogP contribution is -2.04. The van der Waals surface area contributed by atoms with E-state index in [0.29, 0.717) is 0 Å². The summed E-state index contributed by atoms with van der Waals surface area (Å²) in [5, 5.41) is 7.52. The average molecular weight is 292 g/mol. The lowest BCUT2D eigenvalue weighted by molar-refractivity contribution is 0.392. The van der Waals surface area contributed by atoms with Crippen LogP contribution in [-0.2, 0) is 13.0 Å². The molecule has 0 aliphatic carbocycles. The molecule has 3 nitrogen and oxygen atoms in total. The van der Waals surface area contributed by atoms with Gasteiger partial charge in [0.2, 0.25) is 0 Å². The smallest absolute Gasteiger partial charge is 0.138 e. The van der Waals surface area contributed by atoms with E-state index >= 15 is 0 Å². The van der Waals surface area contributed by atoms with Crippen molar-refractivity contribution in [2.45, 2.75) is 26.8 Å². The van der Waals surface area contributed by atoms with E-state index < -0.39 is 0 Å². The van der Waals surface area contributed by atoms with Crippen LogP contribution in [0.5, 0.6) is 0 Å². The van der Waals surface area contributed by atoms with Gasteiger partial charge >= 0.3 is 0 Å². The van der Waals surface area contributed by atoms with Gasteiger partial charge in [-0.1, -0.05) is 53.7 Å². The third-order valence-corrected chi connectivity index (χ3v) is 3.89. The first kappa shape index (κ1) is 14.4. The maximum Gasteiger partial charge on any atom is 0.138 e. The van der Waals surface area contributed by atoms with Crippen LogP contribution in [0.3, 0.4) is 0 Å². The first-order chi connectivity index (χ1) is 10.7. The number of anilines is 1. The summed E-state index contributed by atoms with van der Waals surface area (Å²) in [5.74, 6) is 0.880. The molecule has 0 aliphatic rings. The van der Waals surface area contributed by atoms with Crippen molar-refractivity contribution in [1.29, 1.82) is 0 Å². The fourth-order valence-corrected chi connectivity index (χ4v) is 2.60. The Morgan fingerprint density at radius 1 is 0.955 bits per heavy atom. The zero-order valence-electron chi connectivity index (χ0n) is 13.0. The van der Waals surface area contributed by atoms with Gasteiger partial charge in [0, 0.05) is 17.8 Å². The normalized spacial score (nSPS) is 10.6. The van der Waals surface area contributed by atoms with Gasteiger partial charge in [0.15, 0.2) is 0 Å². The minimum atomic E-state index is 0.729. The molecule has 3 heteroatoms. The van der Waals surface area contributed by atoms with E-state index in [2.05, 4.69) is 59.0 Å². The summed E-state index contributed by atoms with van der Waals surface area (Å²) in [6.07, 6.45) is 0.922. The molecule has 1 aromatic heterocycles. The Balaban J connectivity index is 1.77. The number of rotatable bonds is 5. The first-order valence-corrected chi connectivity index (χ1v) is 7.51. The Labute approximate surface area is 131 Å². The van der Waals surface area contributed by atoms with Crippen molar-refractivity contribution < 1.29 is 4.52 Å². The molecule has 112 valence electrons. The molecule has 0 bridgehead atoms. The van der Waals surface area contributed by atoms with E-state index in [1.54, 1.807) is 0 Å². The summed E-state index contributed by atoms with van der Waals surface area (Å²) in [4.78, 5) is 0. The Bertz CT molecular complexity index is 728. The van der Waals surface area contributed by atoms with Crippen LogP contribution in [0, 0.1) is 13.8 Å². The van der Waals surface area contributed by atoms with Crippen LogP contribution in [-0.4, -0.2) is 5.16 Å². The number of para-hydroxylation sites is 1. The third-order valence-electron chi connectivity index (χ3n) is 3.89. The first-order valence-electron chi connectivity index (χ1n) is 7.51. The molecule has 0 saturated carbocycles. The summed E-state index contributed by atoms with van der Waals surface area (Å²) >= 11 is 0. The van der Waals surface area contributed by atoms with E-state index in [-0.39, 0.29) is 0 Å². The molecule has 1 heterocycles. The monoisotopic (exact) mass is 292 g/mol. The zero-order valence-corrected chi connectivity index (χ0v) is 13.0. The Kier molecular flexibility index (Phi) is 4.24. The SMILES string of the molecule is Cc1noc(C)c1CNc1ccccc1Cc1ccccc1. The van der Waals surface area contributed by atoms with E-state index in [4.69, 9.17) is 4.52 Å². The van der Waals surface area contributed by atoms with Crippen LogP contribution in [0.25, 0.3) is 0 Å². The fraction of sp³-hybridized carbons (Fsp3) is 0.211. The van der Waals surface area contributed by atoms with Crippen LogP contribution < -0.4 is 5.32 Å². The summed E-state index contributed by atoms with van der Waals surface area (Å²) in [6, 6.07) is 19.0. The van der Waals surface area contributed by atoms with E-state index in [0.717, 1.165) is 35.7 Å². The highest BCUT2D eigenvalue weighted by molar-refractivity contribution is 5.53. The second kappa shape index (κ2) is 6.48. The van der Waals surface area contributed by atoms with Gasteiger partial charge in [-0.2, -0.15) is 0 Å². The molecule has 22 heavy (non-hydrogen) atoms. The van der Waals surface area contributed by atoms with Gasteiger partial charge < -0.3 is 9.84 Å². The molecular weight excluding hydrogens is 272 g/mol. The molecule has 0 amide bonds. The summed E-state index contributed by atoms with van der Waals surface area (Å²) in [5.41, 5.74) is 5.85. The molecular formula is C19H20N2O. The van der Waals surface area contributed by atoms with Crippen molar-refractivity contribution in [3.8, 4) is 0 Å². The van der Waals surface area contributed by atoms with Crippen LogP contribution in [0.2, 0.25) is 0 Å². The van der Waals surface area contributed by atoms with E-state index in [1.165, 1.54) is 11.1 Å². The second-order valence-electron chi connectivity index (χ2n) is 5.48. The molecule has 0 radical (unpaired) electrons. The molecule has 0 unspecified atom stereocenters. The van der Waals surface area contributed by atoms with Crippen LogP contribution >= 0.6 is 0 Å². The Hall–Kier alpha value is -2.55. The van der Waals surface area contributed by atoms with Crippen molar-refractivity contribution in [2.24, 2.45) is 0 Å². The fourth-order valence-electron chi connectivity index (χ4n) is 2.60. The largest absolute Gasteiger partial charge is 0.381 e. The quantitative estimate of drug-likeness (QED) is 0.752. The van der Waals surface area contributed by atoms with Crippen LogP contribution in [0.15, 0.2) is 59.1 Å². The van der Waals surface area contributed by atoms with E-state index in [9.17, 15) is 0 Å². The summed E-state index contributed by atoms with van der Waals surface area (Å²) < 4.78 is 5.22. The number of nitrogens with zero attached hydrogens (tertiary/aromatic N) is 1. The van der Waals surface area contributed by atoms with Crippen molar-refractivity contribution in [1.82, 2.24) is 5.16 Å². The standard InChI is InChI=1S/C19H20N2O/c1-14-18(15(2)22-21-14)13-20-19-11-7-6-10-17(19)12-16-8-4-3-5-9-16/h3-11,20H,12-13H2,1-2H3. The Morgan fingerprint density at radius 2 is 1.68 bits per heavy atom. The summed E-state index contributed by atoms with van der Waals surface area (Å²) in [7, 11) is 0. The van der Waals surface area contributed by atoms with Gasteiger partial charge in [-0.3, -0.25) is 0 Å². The lowest BCUT2D eigenvalue weighted by atomic mass is 10.0. The van der Waals surface area contributed by atoms with Gasteiger partial charge in [-0.25, -0.2) is 0 Å². The van der Waals surface area contributed by atoms with Gasteiger partial charge in [0.25, 0.3) is 0 Å². The zero-order chi connectivity index (χ0) is 15.4. The highest BCUT2D eigenvalue weighted by Crippen LogP contribution is 2.21. The summed E-state index contributed by atoms with van der Waals surface area (Å²) in [6.45, 7) is 4.66. The topological polar surface area (TPSA) is 38.1 Å². The van der Waals surface area contributed by atoms with Crippen LogP contribution in [0.4, 0.5) is 5.69 Å². The van der Waals surface area contributed by atoms with Crippen molar-refractivity contribution in [3.05, 3.63) is 82.7 Å². The maximum atomic E-state index is 5.22. The third kappa shape index (κ3) is 3.19. The predicted molar refractivity (Wildman–Crippen MR) is 89.0 cm³/mol. The van der Waals surface area contributed by atoms with Gasteiger partial charge in [-0.05, 0) is 37.5 Å². The number of aryl methyl sites for hydroxylation is 2. The second-order valence-corrected chi connectivity index (χ2v) is 5.48. The van der Waals surface area contributed by atoms with Gasteiger partial charge in [-0.15, -0.1) is 0 Å². The molecule has 3 rings (SSSR count). The maximum absolute atomic E-state index is 5.22. The highest BCUT2D eigenvalue weighted by atomic mass is 16.5. The molecule has 0 saturated heterocycles. The molecule has 0 spiro atoms. The molecule has 3 aromatic rings. The average Bonchev–Trinajstić information content (AvgIpc) is 2.86. The van der Waals surface area contributed by atoms with Crippen molar-refractivity contribution >= 4 is 5.69 Å². The number of hydrogen-bond donors (Lipinski definition) is 1. The number of aromatic nitrogens is 1. The minimum absolute atomic E-state index is 0.729. The molecule has 1 N–H and O–H groups in total.